The molecule has 4 aromatic rings. The van der Waals surface area contributed by atoms with Crippen molar-refractivity contribution in [2.24, 2.45) is 0 Å². The van der Waals surface area contributed by atoms with Gasteiger partial charge in [0.2, 0.25) is 0 Å². The van der Waals surface area contributed by atoms with Crippen LogP contribution in [-0.4, -0.2) is 25.3 Å². The van der Waals surface area contributed by atoms with E-state index >= 15 is 0 Å². The summed E-state index contributed by atoms with van der Waals surface area (Å²) < 4.78 is 16.7. The van der Waals surface area contributed by atoms with E-state index in [9.17, 15) is 9.50 Å². The highest BCUT2D eigenvalue weighted by Gasteiger charge is 2.08. The van der Waals surface area contributed by atoms with Gasteiger partial charge in [-0.25, -0.2) is 9.37 Å². The van der Waals surface area contributed by atoms with Gasteiger partial charge in [0.1, 0.15) is 17.1 Å². The summed E-state index contributed by atoms with van der Waals surface area (Å²) in [7, 11) is 0. The lowest BCUT2D eigenvalue weighted by atomic mass is 10.2. The molecule has 0 aliphatic carbocycles. The maximum Gasteiger partial charge on any atom is 0.171 e. The number of aromatic nitrogens is 4. The number of hydrogen-bond acceptors (Lipinski definition) is 7. The second-order valence-corrected chi connectivity index (χ2v) is 6.33. The largest absolute Gasteiger partial charge is 0.508 e. The van der Waals surface area contributed by atoms with E-state index in [2.05, 4.69) is 24.9 Å². The molecule has 0 bridgehead atoms. The highest BCUT2D eigenvalue weighted by Crippen LogP contribution is 2.28. The van der Waals surface area contributed by atoms with Crippen molar-refractivity contribution >= 4 is 34.5 Å². The number of aromatic amines is 1. The summed E-state index contributed by atoms with van der Waals surface area (Å²) in [5.41, 5.74) is 9.31. The highest BCUT2D eigenvalue weighted by atomic mass is 32.2. The van der Waals surface area contributed by atoms with Crippen molar-refractivity contribution in [3.05, 3.63) is 54.6 Å². The number of H-pyrrole nitrogens is 1. The summed E-state index contributed by atoms with van der Waals surface area (Å²) in [6, 6.07) is 9.38. The number of hydrogen-bond donors (Lipinski definition) is 4. The van der Waals surface area contributed by atoms with Crippen LogP contribution in [0.15, 0.2) is 53.7 Å². The van der Waals surface area contributed by atoms with Gasteiger partial charge in [-0.2, -0.15) is 5.10 Å². The van der Waals surface area contributed by atoms with Gasteiger partial charge in [0.25, 0.3) is 0 Å². The molecule has 3 heterocycles. The van der Waals surface area contributed by atoms with Crippen LogP contribution in [0.25, 0.3) is 22.3 Å². The Morgan fingerprint density at radius 2 is 2.00 bits per heavy atom. The molecule has 4 rings (SSSR count). The monoisotopic (exact) mass is 368 g/mol. The molecule has 130 valence electrons. The number of nitrogens with one attached hydrogen (secondary N) is 2. The number of nitrogens with zero attached hydrogens (tertiary/aromatic N) is 3. The normalized spacial score (nSPS) is 11.0. The molecule has 0 aliphatic rings. The molecule has 3 aromatic heterocycles. The first kappa shape index (κ1) is 16.2. The van der Waals surface area contributed by atoms with Gasteiger partial charge in [0, 0.05) is 11.8 Å². The predicted octanol–water partition coefficient (Wildman–Crippen LogP) is 3.57. The smallest absolute Gasteiger partial charge is 0.171 e. The van der Waals surface area contributed by atoms with E-state index in [1.54, 1.807) is 12.4 Å². The van der Waals surface area contributed by atoms with Crippen molar-refractivity contribution in [3.8, 4) is 17.0 Å². The van der Waals surface area contributed by atoms with Gasteiger partial charge in [-0.1, -0.05) is 0 Å². The Balaban J connectivity index is 1.51. The number of nitrogens with two attached hydrogens (primary N) is 1. The SMILES string of the molecule is Nc1n[nH]c2cc(-c3ccc(NSc4cc(O)ccc4F)cn3)cnc12. The zero-order valence-corrected chi connectivity index (χ0v) is 14.1. The second kappa shape index (κ2) is 6.52. The van der Waals surface area contributed by atoms with Crippen LogP contribution in [0.2, 0.25) is 0 Å². The van der Waals surface area contributed by atoms with Gasteiger partial charge in [0.15, 0.2) is 5.82 Å². The Labute approximate surface area is 151 Å². The van der Waals surface area contributed by atoms with Gasteiger partial charge in [-0.3, -0.25) is 10.1 Å². The summed E-state index contributed by atoms with van der Waals surface area (Å²) in [4.78, 5) is 8.97. The molecule has 0 amide bonds. The number of benzene rings is 1. The Kier molecular flexibility index (Phi) is 4.05. The molecule has 0 spiro atoms. The van der Waals surface area contributed by atoms with Crippen molar-refractivity contribution in [1.82, 2.24) is 20.2 Å². The Morgan fingerprint density at radius 1 is 1.12 bits per heavy atom. The van der Waals surface area contributed by atoms with Gasteiger partial charge in [0.05, 0.1) is 28.0 Å². The van der Waals surface area contributed by atoms with Gasteiger partial charge >= 0.3 is 0 Å². The molecule has 1 aromatic carbocycles. The van der Waals surface area contributed by atoms with Crippen LogP contribution in [-0.2, 0) is 0 Å². The number of pyridine rings is 2. The molecule has 0 aliphatic heterocycles. The third kappa shape index (κ3) is 3.11. The van der Waals surface area contributed by atoms with Crippen LogP contribution >= 0.6 is 11.9 Å². The maximum atomic E-state index is 13.7. The molecule has 7 nitrogen and oxygen atoms in total. The van der Waals surface area contributed by atoms with E-state index in [-0.39, 0.29) is 5.75 Å². The first-order valence-electron chi connectivity index (χ1n) is 7.57. The average molecular weight is 368 g/mol. The van der Waals surface area contributed by atoms with E-state index in [4.69, 9.17) is 5.73 Å². The molecular formula is C17H13FN6OS. The molecule has 0 atom stereocenters. The fourth-order valence-electron chi connectivity index (χ4n) is 2.38. The predicted molar refractivity (Wildman–Crippen MR) is 99.1 cm³/mol. The molecule has 0 saturated carbocycles. The standard InChI is InChI=1S/C17H13FN6OS/c18-12-3-2-11(25)6-15(12)26-24-10-1-4-13(20-8-10)9-5-14-16(21-7-9)17(19)23-22-14/h1-8,24-25H,(H3,19,22,23). The summed E-state index contributed by atoms with van der Waals surface area (Å²) in [5, 5.41) is 16.2. The number of anilines is 2. The Morgan fingerprint density at radius 3 is 2.81 bits per heavy atom. The average Bonchev–Trinajstić information content (AvgIpc) is 3.03. The van der Waals surface area contributed by atoms with Gasteiger partial charge in [-0.05, 0) is 48.3 Å². The van der Waals surface area contributed by atoms with Crippen molar-refractivity contribution in [3.63, 3.8) is 0 Å². The van der Waals surface area contributed by atoms with E-state index in [0.717, 1.165) is 28.7 Å². The van der Waals surface area contributed by atoms with Crippen LogP contribution in [0.5, 0.6) is 5.75 Å². The molecule has 9 heteroatoms. The number of phenolic OH excluding ortho intramolecular Hbond substituents is 1. The molecule has 5 N–H and O–H groups in total. The van der Waals surface area contributed by atoms with E-state index in [0.29, 0.717) is 21.9 Å². The topological polar surface area (TPSA) is 113 Å². The summed E-state index contributed by atoms with van der Waals surface area (Å²) in [5.74, 6) is -0.0511. The summed E-state index contributed by atoms with van der Waals surface area (Å²) >= 11 is 1.06. The maximum absolute atomic E-state index is 13.7. The second-order valence-electron chi connectivity index (χ2n) is 5.48. The number of nitrogen functional groups attached to an aromatic ring is 1. The highest BCUT2D eigenvalue weighted by molar-refractivity contribution is 8.00. The minimum atomic E-state index is -0.414. The van der Waals surface area contributed by atoms with Crippen molar-refractivity contribution in [2.75, 3.05) is 10.5 Å². The molecule has 0 unspecified atom stereocenters. The first-order chi connectivity index (χ1) is 12.6. The van der Waals surface area contributed by atoms with Crippen LogP contribution in [0.3, 0.4) is 0 Å². The van der Waals surface area contributed by atoms with Crippen molar-refractivity contribution < 1.29 is 9.50 Å². The number of fused-ring (bicyclic) bond motifs is 1. The van der Waals surface area contributed by atoms with Gasteiger partial charge < -0.3 is 15.6 Å². The number of rotatable bonds is 4. The first-order valence-corrected chi connectivity index (χ1v) is 8.39. The van der Waals surface area contributed by atoms with Crippen LogP contribution < -0.4 is 10.5 Å². The van der Waals surface area contributed by atoms with Crippen LogP contribution in [0.1, 0.15) is 0 Å². The fourth-order valence-corrected chi connectivity index (χ4v) is 3.07. The quantitative estimate of drug-likeness (QED) is 0.407. The van der Waals surface area contributed by atoms with Gasteiger partial charge in [-0.15, -0.1) is 0 Å². The fraction of sp³-hybridized carbons (Fsp3) is 0. The summed E-state index contributed by atoms with van der Waals surface area (Å²) in [6.45, 7) is 0. The minimum Gasteiger partial charge on any atom is -0.508 e. The van der Waals surface area contributed by atoms with Crippen molar-refractivity contribution in [1.29, 1.82) is 0 Å². The lowest BCUT2D eigenvalue weighted by molar-refractivity contribution is 0.469. The van der Waals surface area contributed by atoms with E-state index in [1.165, 1.54) is 18.2 Å². The minimum absolute atomic E-state index is 0.00603. The zero-order chi connectivity index (χ0) is 18.1. The van der Waals surface area contributed by atoms with E-state index < -0.39 is 5.82 Å². The third-order valence-corrected chi connectivity index (χ3v) is 4.55. The Hall–Kier alpha value is -3.33. The Bertz CT molecular complexity index is 1080. The number of aromatic hydroxyl groups is 1. The molecule has 0 saturated heterocycles. The lowest BCUT2D eigenvalue weighted by Crippen LogP contribution is -1.92. The third-order valence-electron chi connectivity index (χ3n) is 3.68. The van der Waals surface area contributed by atoms with Crippen LogP contribution in [0.4, 0.5) is 15.9 Å². The molecule has 0 fully saturated rings. The van der Waals surface area contributed by atoms with Crippen LogP contribution in [0, 0.1) is 5.82 Å². The zero-order valence-electron chi connectivity index (χ0n) is 13.3. The molecular weight excluding hydrogens is 355 g/mol. The molecule has 26 heavy (non-hydrogen) atoms. The number of phenols is 1. The van der Waals surface area contributed by atoms with Crippen molar-refractivity contribution in [2.45, 2.75) is 4.90 Å². The summed E-state index contributed by atoms with van der Waals surface area (Å²) in [6.07, 6.45) is 3.31. The van der Waals surface area contributed by atoms with E-state index in [1.807, 2.05) is 18.2 Å². The lowest BCUT2D eigenvalue weighted by Gasteiger charge is -2.07. The molecule has 0 radical (unpaired) electrons. The number of halogens is 1.